The fourth-order valence-corrected chi connectivity index (χ4v) is 3.59. The first-order valence-corrected chi connectivity index (χ1v) is 8.68. The van der Waals surface area contributed by atoms with Crippen LogP contribution in [0.3, 0.4) is 0 Å². The maximum absolute atomic E-state index is 13.6. The van der Waals surface area contributed by atoms with Crippen molar-refractivity contribution < 1.29 is 13.6 Å². The van der Waals surface area contributed by atoms with E-state index in [1.165, 1.54) is 30.0 Å². The Balaban J connectivity index is 1.55. The number of anilines is 1. The third-order valence-corrected chi connectivity index (χ3v) is 5.05. The van der Waals surface area contributed by atoms with Crippen LogP contribution in [0.15, 0.2) is 53.7 Å². The van der Waals surface area contributed by atoms with Crippen LogP contribution in [-0.2, 0) is 0 Å². The lowest BCUT2D eigenvalue weighted by Crippen LogP contribution is -2.14. The van der Waals surface area contributed by atoms with Crippen LogP contribution in [0.1, 0.15) is 15.9 Å². The van der Waals surface area contributed by atoms with Crippen LogP contribution < -0.4 is 5.32 Å². The van der Waals surface area contributed by atoms with Crippen LogP contribution in [0.2, 0.25) is 0 Å². The summed E-state index contributed by atoms with van der Waals surface area (Å²) in [5.74, 6) is -0.479. The Morgan fingerprint density at radius 2 is 2.15 bits per heavy atom. The van der Waals surface area contributed by atoms with Crippen LogP contribution >= 0.6 is 11.3 Å². The van der Waals surface area contributed by atoms with E-state index in [-0.39, 0.29) is 5.56 Å². The van der Waals surface area contributed by atoms with Gasteiger partial charge >= 0.3 is 0 Å². The minimum Gasteiger partial charge on any atom is -0.423 e. The molecule has 1 amide bonds. The zero-order valence-corrected chi connectivity index (χ0v) is 14.8. The number of amides is 1. The predicted molar refractivity (Wildman–Crippen MR) is 97.7 cm³/mol. The maximum Gasteiger partial charge on any atom is 0.259 e. The number of pyridine rings is 2. The second-order valence-corrected chi connectivity index (χ2v) is 6.66. The van der Waals surface area contributed by atoms with E-state index in [2.05, 4.69) is 25.5 Å². The summed E-state index contributed by atoms with van der Waals surface area (Å²) >= 11 is 1.51. The number of nitrogens with one attached hydrogen (secondary N) is 1. The second kappa shape index (κ2) is 7.04. The molecule has 0 aromatic carbocycles. The molecule has 0 saturated carbocycles. The normalized spacial score (nSPS) is 10.7. The molecule has 1 N–H and O–H groups in total. The summed E-state index contributed by atoms with van der Waals surface area (Å²) in [5, 5.41) is 10.2. The van der Waals surface area contributed by atoms with Gasteiger partial charge in [0.1, 0.15) is 5.82 Å². The lowest BCUT2D eigenvalue weighted by molar-refractivity contribution is 0.102. The van der Waals surface area contributed by atoms with Gasteiger partial charge in [-0.25, -0.2) is 9.37 Å². The second-order valence-electron chi connectivity index (χ2n) is 5.61. The summed E-state index contributed by atoms with van der Waals surface area (Å²) in [7, 11) is 0. The Bertz CT molecular complexity index is 1090. The zero-order chi connectivity index (χ0) is 18.8. The average molecular weight is 381 g/mol. The van der Waals surface area contributed by atoms with E-state index in [1.807, 2.05) is 19.1 Å². The van der Waals surface area contributed by atoms with Gasteiger partial charge in [0, 0.05) is 22.8 Å². The number of halogens is 1. The summed E-state index contributed by atoms with van der Waals surface area (Å²) in [4.78, 5) is 21.9. The lowest BCUT2D eigenvalue weighted by Gasteiger charge is -2.06. The summed E-state index contributed by atoms with van der Waals surface area (Å²) in [6, 6.07) is 6.78. The molecular formula is C18H12FN5O2S. The molecular weight excluding hydrogens is 369 g/mol. The van der Waals surface area contributed by atoms with E-state index in [9.17, 15) is 9.18 Å². The molecule has 27 heavy (non-hydrogen) atoms. The van der Waals surface area contributed by atoms with Crippen molar-refractivity contribution in [1.29, 1.82) is 0 Å². The third kappa shape index (κ3) is 3.44. The van der Waals surface area contributed by atoms with Gasteiger partial charge in [-0.1, -0.05) is 0 Å². The van der Waals surface area contributed by atoms with E-state index in [4.69, 9.17) is 4.42 Å². The molecule has 0 aliphatic rings. The molecule has 0 spiro atoms. The van der Waals surface area contributed by atoms with E-state index in [0.29, 0.717) is 11.7 Å². The summed E-state index contributed by atoms with van der Waals surface area (Å²) in [5.41, 5.74) is 1.84. The van der Waals surface area contributed by atoms with Crippen molar-refractivity contribution in [3.05, 3.63) is 66.2 Å². The van der Waals surface area contributed by atoms with Crippen LogP contribution in [0.25, 0.3) is 21.2 Å². The monoisotopic (exact) mass is 381 g/mol. The van der Waals surface area contributed by atoms with Crippen molar-refractivity contribution in [3.8, 4) is 21.2 Å². The molecule has 4 rings (SSSR count). The minimum atomic E-state index is -0.686. The average Bonchev–Trinajstić information content (AvgIpc) is 3.32. The van der Waals surface area contributed by atoms with Gasteiger partial charge in [0.2, 0.25) is 6.39 Å². The van der Waals surface area contributed by atoms with E-state index >= 15 is 0 Å². The van der Waals surface area contributed by atoms with Gasteiger partial charge in [0.25, 0.3) is 11.8 Å². The summed E-state index contributed by atoms with van der Waals surface area (Å²) in [6.45, 7) is 1.98. The topological polar surface area (TPSA) is 93.8 Å². The molecule has 7 nitrogen and oxygen atoms in total. The standard InChI is InChI=1S/C18H12FN5O2S/c1-10-6-14(18-24-22-9-26-18)27-16(10)11-2-3-15(21-7-11)23-17(25)12-4-5-20-8-13(12)19/h2-9H,1H3,(H,21,23,25). The van der Waals surface area contributed by atoms with Gasteiger partial charge in [-0.05, 0) is 36.8 Å². The Hall–Kier alpha value is -3.46. The largest absolute Gasteiger partial charge is 0.423 e. The molecule has 0 radical (unpaired) electrons. The summed E-state index contributed by atoms with van der Waals surface area (Å²) < 4.78 is 18.9. The van der Waals surface area contributed by atoms with Gasteiger partial charge in [-0.3, -0.25) is 9.78 Å². The van der Waals surface area contributed by atoms with Gasteiger partial charge in [-0.15, -0.1) is 21.5 Å². The Morgan fingerprint density at radius 1 is 1.26 bits per heavy atom. The number of carbonyl (C=O) groups is 1. The first kappa shape index (κ1) is 17.0. The number of hydrogen-bond donors (Lipinski definition) is 1. The molecule has 4 heterocycles. The molecule has 0 saturated heterocycles. The Morgan fingerprint density at radius 3 is 2.85 bits per heavy atom. The van der Waals surface area contributed by atoms with E-state index in [0.717, 1.165) is 27.1 Å². The number of hydrogen-bond acceptors (Lipinski definition) is 7. The Kier molecular flexibility index (Phi) is 4.43. The van der Waals surface area contributed by atoms with Gasteiger partial charge in [0.15, 0.2) is 5.82 Å². The molecule has 9 heteroatoms. The molecule has 0 unspecified atom stereocenters. The highest BCUT2D eigenvalue weighted by atomic mass is 32.1. The zero-order valence-electron chi connectivity index (χ0n) is 14.0. The SMILES string of the molecule is Cc1cc(-c2nnco2)sc1-c1ccc(NC(=O)c2ccncc2F)nc1. The van der Waals surface area contributed by atoms with Gasteiger partial charge in [0.05, 0.1) is 16.6 Å². The predicted octanol–water partition coefficient (Wildman–Crippen LogP) is 3.95. The quantitative estimate of drug-likeness (QED) is 0.575. The van der Waals surface area contributed by atoms with Crippen LogP contribution in [-0.4, -0.2) is 26.1 Å². The molecule has 0 aliphatic heterocycles. The van der Waals surface area contributed by atoms with Crippen molar-refractivity contribution >= 4 is 23.1 Å². The van der Waals surface area contributed by atoms with Crippen molar-refractivity contribution in [3.63, 3.8) is 0 Å². The molecule has 4 aromatic heterocycles. The molecule has 0 fully saturated rings. The number of thiophene rings is 1. The lowest BCUT2D eigenvalue weighted by atomic mass is 10.1. The molecule has 134 valence electrons. The molecule has 0 aliphatic carbocycles. The van der Waals surface area contributed by atoms with Gasteiger partial charge in [-0.2, -0.15) is 0 Å². The fourth-order valence-electron chi connectivity index (χ4n) is 2.50. The maximum atomic E-state index is 13.6. The van der Waals surface area contributed by atoms with Gasteiger partial charge < -0.3 is 9.73 Å². The number of aromatic nitrogens is 4. The Labute approximate surface area is 156 Å². The number of rotatable bonds is 4. The number of carbonyl (C=O) groups excluding carboxylic acids is 1. The van der Waals surface area contributed by atoms with E-state index in [1.54, 1.807) is 12.3 Å². The number of aryl methyl sites for hydroxylation is 1. The minimum absolute atomic E-state index is 0.0887. The highest BCUT2D eigenvalue weighted by Crippen LogP contribution is 2.36. The van der Waals surface area contributed by atoms with Crippen molar-refractivity contribution in [2.75, 3.05) is 5.32 Å². The van der Waals surface area contributed by atoms with Crippen molar-refractivity contribution in [2.24, 2.45) is 0 Å². The smallest absolute Gasteiger partial charge is 0.259 e. The van der Waals surface area contributed by atoms with Crippen molar-refractivity contribution in [1.82, 2.24) is 20.2 Å². The first-order valence-electron chi connectivity index (χ1n) is 7.86. The van der Waals surface area contributed by atoms with Crippen molar-refractivity contribution in [2.45, 2.75) is 6.92 Å². The van der Waals surface area contributed by atoms with Crippen LogP contribution in [0, 0.1) is 12.7 Å². The van der Waals surface area contributed by atoms with E-state index < -0.39 is 11.7 Å². The highest BCUT2D eigenvalue weighted by Gasteiger charge is 2.15. The van der Waals surface area contributed by atoms with Crippen LogP contribution in [0.4, 0.5) is 10.2 Å². The molecule has 0 bridgehead atoms. The molecule has 4 aromatic rings. The first-order chi connectivity index (χ1) is 13.1. The third-order valence-electron chi connectivity index (χ3n) is 3.77. The highest BCUT2D eigenvalue weighted by molar-refractivity contribution is 7.19. The van der Waals surface area contributed by atoms with Crippen LogP contribution in [0.5, 0.6) is 0 Å². The number of nitrogens with zero attached hydrogens (tertiary/aromatic N) is 4. The summed E-state index contributed by atoms with van der Waals surface area (Å²) in [6.07, 6.45) is 5.28. The molecule has 0 atom stereocenters. The fraction of sp³-hybridized carbons (Fsp3) is 0.0556.